The number of fused-ring (bicyclic) bond motifs is 2. The molecule has 182 valence electrons. The summed E-state index contributed by atoms with van der Waals surface area (Å²) < 4.78 is 47.0. The maximum Gasteiger partial charge on any atom is 0.433 e. The summed E-state index contributed by atoms with van der Waals surface area (Å²) in [5, 5.41) is 8.62. The molecule has 1 aliphatic rings. The largest absolute Gasteiger partial charge is 0.465 e. The van der Waals surface area contributed by atoms with Crippen molar-refractivity contribution in [3.05, 3.63) is 57.0 Å². The molecule has 4 aromatic heterocycles. The molecule has 0 aliphatic heterocycles. The molecule has 0 spiro atoms. The first-order valence-electron chi connectivity index (χ1n) is 10.7. The van der Waals surface area contributed by atoms with Gasteiger partial charge in [0.2, 0.25) is 0 Å². The van der Waals surface area contributed by atoms with Gasteiger partial charge in [0.05, 0.1) is 23.2 Å². The second-order valence-corrected chi connectivity index (χ2v) is 10.4. The van der Waals surface area contributed by atoms with E-state index < -0.39 is 23.7 Å². The van der Waals surface area contributed by atoms with Crippen LogP contribution in [0.15, 0.2) is 29.6 Å². The maximum atomic E-state index is 13.8. The zero-order valence-electron chi connectivity index (χ0n) is 18.6. The smallest absolute Gasteiger partial charge is 0.433 e. The van der Waals surface area contributed by atoms with Gasteiger partial charge < -0.3 is 10.1 Å². The number of amides is 1. The topological polar surface area (TPSA) is 85.6 Å². The normalized spacial score (nSPS) is 15.7. The van der Waals surface area contributed by atoms with Gasteiger partial charge in [-0.3, -0.25) is 4.79 Å². The molecule has 1 atom stereocenters. The molecule has 0 unspecified atom stereocenters. The van der Waals surface area contributed by atoms with Crippen molar-refractivity contribution in [2.75, 3.05) is 12.4 Å². The Hall–Kier alpha value is -3.25. The second-order valence-electron chi connectivity index (χ2n) is 8.30. The van der Waals surface area contributed by atoms with Crippen LogP contribution in [0.4, 0.5) is 18.2 Å². The highest BCUT2D eigenvalue weighted by atomic mass is 32.1. The molecule has 4 aromatic rings. The van der Waals surface area contributed by atoms with Crippen LogP contribution in [0, 0.1) is 5.92 Å². The number of rotatable bonds is 4. The summed E-state index contributed by atoms with van der Waals surface area (Å²) in [6.07, 6.45) is -2.34. The van der Waals surface area contributed by atoms with Crippen LogP contribution in [0.1, 0.15) is 50.3 Å². The zero-order valence-corrected chi connectivity index (χ0v) is 20.2. The van der Waals surface area contributed by atoms with Crippen LogP contribution in [-0.4, -0.2) is 33.6 Å². The Balaban J connectivity index is 1.54. The number of hydrogen-bond donors (Lipinski definition) is 1. The first-order valence-corrected chi connectivity index (χ1v) is 12.4. The summed E-state index contributed by atoms with van der Waals surface area (Å²) in [5.41, 5.74) is -0.110. The number of carbonyl (C=O) groups excluding carboxylic acids is 2. The van der Waals surface area contributed by atoms with Crippen molar-refractivity contribution in [1.29, 1.82) is 0 Å². The number of nitrogens with one attached hydrogen (secondary N) is 1. The molecule has 0 aromatic carbocycles. The van der Waals surface area contributed by atoms with E-state index in [1.54, 1.807) is 17.5 Å². The summed E-state index contributed by atoms with van der Waals surface area (Å²) >= 11 is 2.54. The molecule has 5 rings (SSSR count). The Kier molecular flexibility index (Phi) is 5.88. The van der Waals surface area contributed by atoms with Gasteiger partial charge in [0.1, 0.15) is 5.00 Å². The molecule has 35 heavy (non-hydrogen) atoms. The number of ether oxygens (including phenoxy) is 1. The van der Waals surface area contributed by atoms with E-state index in [-0.39, 0.29) is 17.0 Å². The molecule has 7 nitrogen and oxygen atoms in total. The van der Waals surface area contributed by atoms with E-state index in [2.05, 4.69) is 22.3 Å². The third-order valence-electron chi connectivity index (χ3n) is 5.85. The summed E-state index contributed by atoms with van der Waals surface area (Å²) in [4.78, 5) is 31.4. The van der Waals surface area contributed by atoms with Crippen LogP contribution in [0.2, 0.25) is 0 Å². The van der Waals surface area contributed by atoms with Crippen LogP contribution in [0.25, 0.3) is 16.2 Å². The summed E-state index contributed by atoms with van der Waals surface area (Å²) in [5.74, 6) is -0.861. The lowest BCUT2D eigenvalue weighted by Gasteiger charge is -2.18. The van der Waals surface area contributed by atoms with Crippen molar-refractivity contribution in [2.45, 2.75) is 32.4 Å². The maximum absolute atomic E-state index is 13.8. The molecule has 1 amide bonds. The number of alkyl halides is 3. The molecular weight excluding hydrogens is 501 g/mol. The zero-order chi connectivity index (χ0) is 24.9. The predicted octanol–water partition coefficient (Wildman–Crippen LogP) is 5.70. The number of anilines is 1. The van der Waals surface area contributed by atoms with Crippen LogP contribution in [-0.2, 0) is 23.8 Å². The molecule has 1 aliphatic carbocycles. The first-order chi connectivity index (χ1) is 16.7. The Labute approximate surface area is 205 Å². The predicted molar refractivity (Wildman–Crippen MR) is 126 cm³/mol. The van der Waals surface area contributed by atoms with Crippen molar-refractivity contribution >= 4 is 45.2 Å². The highest BCUT2D eigenvalue weighted by molar-refractivity contribution is 7.17. The first kappa shape index (κ1) is 23.5. The number of nitrogens with zero attached hydrogens (tertiary/aromatic N) is 3. The van der Waals surface area contributed by atoms with E-state index in [1.807, 2.05) is 0 Å². The van der Waals surface area contributed by atoms with E-state index in [4.69, 9.17) is 4.74 Å². The van der Waals surface area contributed by atoms with Crippen LogP contribution < -0.4 is 5.32 Å². The van der Waals surface area contributed by atoms with Crippen molar-refractivity contribution in [3.63, 3.8) is 0 Å². The number of aromatic nitrogens is 3. The Morgan fingerprint density at radius 3 is 2.77 bits per heavy atom. The van der Waals surface area contributed by atoms with Crippen molar-refractivity contribution in [3.8, 4) is 10.6 Å². The monoisotopic (exact) mass is 520 g/mol. The van der Waals surface area contributed by atoms with E-state index in [0.717, 1.165) is 29.3 Å². The molecule has 0 fully saturated rings. The minimum atomic E-state index is -4.71. The molecule has 0 saturated heterocycles. The molecule has 1 N–H and O–H groups in total. The highest BCUT2D eigenvalue weighted by Crippen LogP contribution is 2.40. The van der Waals surface area contributed by atoms with Gasteiger partial charge in [-0.15, -0.1) is 22.7 Å². The quantitative estimate of drug-likeness (QED) is 0.349. The third kappa shape index (κ3) is 4.31. The van der Waals surface area contributed by atoms with Gasteiger partial charge in [0, 0.05) is 10.9 Å². The highest BCUT2D eigenvalue weighted by Gasteiger charge is 2.36. The number of thiophene rings is 2. The fraction of sp³-hybridized carbons (Fsp3) is 0.304. The average Bonchev–Trinajstić information content (AvgIpc) is 3.54. The Morgan fingerprint density at radius 1 is 1.29 bits per heavy atom. The van der Waals surface area contributed by atoms with E-state index >= 15 is 0 Å². The fourth-order valence-electron chi connectivity index (χ4n) is 4.16. The summed E-state index contributed by atoms with van der Waals surface area (Å²) in [6.45, 7) is 2.12. The standard InChI is InChI=1S/C23H19F3N4O3S2/c1-11-5-6-12-16(8-11)35-21(19(12)22(32)33-2)28-20(31)14-10-18-27-13(15-4-3-7-34-15)9-17(23(24,25)26)30(18)29-14/h3-4,7,9-11H,5-6,8H2,1-2H3,(H,28,31)/t11-/m0/s1. The Morgan fingerprint density at radius 2 is 2.09 bits per heavy atom. The van der Waals surface area contributed by atoms with Gasteiger partial charge >= 0.3 is 12.1 Å². The van der Waals surface area contributed by atoms with Crippen molar-refractivity contribution in [2.24, 2.45) is 5.92 Å². The van der Waals surface area contributed by atoms with Crippen LogP contribution >= 0.6 is 22.7 Å². The molecule has 0 bridgehead atoms. The third-order valence-corrected chi connectivity index (χ3v) is 7.91. The fourth-order valence-corrected chi connectivity index (χ4v) is 6.24. The lowest BCUT2D eigenvalue weighted by Crippen LogP contribution is -2.17. The van der Waals surface area contributed by atoms with Crippen molar-refractivity contribution in [1.82, 2.24) is 14.6 Å². The average molecular weight is 521 g/mol. The molecule has 0 radical (unpaired) electrons. The van der Waals surface area contributed by atoms with Gasteiger partial charge in [-0.1, -0.05) is 13.0 Å². The van der Waals surface area contributed by atoms with Gasteiger partial charge in [0.25, 0.3) is 5.91 Å². The van der Waals surface area contributed by atoms with E-state index in [9.17, 15) is 22.8 Å². The number of methoxy groups -OCH3 is 1. The number of esters is 1. The summed E-state index contributed by atoms with van der Waals surface area (Å²) in [7, 11) is 1.26. The SMILES string of the molecule is COC(=O)c1c(NC(=O)c2cc3nc(-c4cccs4)cc(C(F)(F)F)n3n2)sc2c1CC[C@H](C)C2. The van der Waals surface area contributed by atoms with Crippen LogP contribution in [0.3, 0.4) is 0 Å². The number of hydrogen-bond acceptors (Lipinski definition) is 7. The van der Waals surface area contributed by atoms with Gasteiger partial charge in [0.15, 0.2) is 17.0 Å². The van der Waals surface area contributed by atoms with E-state index in [0.29, 0.717) is 32.3 Å². The van der Waals surface area contributed by atoms with Gasteiger partial charge in [-0.25, -0.2) is 14.3 Å². The molecule has 12 heteroatoms. The number of halogens is 3. The lowest BCUT2D eigenvalue weighted by atomic mass is 9.88. The lowest BCUT2D eigenvalue weighted by molar-refractivity contribution is -0.142. The van der Waals surface area contributed by atoms with Gasteiger partial charge in [-0.2, -0.15) is 18.3 Å². The summed E-state index contributed by atoms with van der Waals surface area (Å²) in [6, 6.07) is 5.50. The van der Waals surface area contributed by atoms with Gasteiger partial charge in [-0.05, 0) is 48.3 Å². The minimum absolute atomic E-state index is 0.110. The minimum Gasteiger partial charge on any atom is -0.465 e. The molecule has 4 heterocycles. The molecular formula is C23H19F3N4O3S2. The Bertz CT molecular complexity index is 1440. The molecule has 0 saturated carbocycles. The van der Waals surface area contributed by atoms with Crippen LogP contribution in [0.5, 0.6) is 0 Å². The second kappa shape index (κ2) is 8.76. The number of carbonyl (C=O) groups is 2. The van der Waals surface area contributed by atoms with Crippen molar-refractivity contribution < 1.29 is 27.5 Å². The van der Waals surface area contributed by atoms with E-state index in [1.165, 1.54) is 35.8 Å².